The van der Waals surface area contributed by atoms with Crippen LogP contribution in [0, 0.1) is 0 Å². The van der Waals surface area contributed by atoms with Crippen molar-refractivity contribution in [2.45, 2.75) is 6.42 Å². The van der Waals surface area contributed by atoms with Gasteiger partial charge in [-0.3, -0.25) is 9.79 Å². The maximum Gasteiger partial charge on any atom is 0.177 e. The Balaban J connectivity index is 2.61. The molecule has 0 amide bonds. The number of ketones is 1. The Bertz CT molecular complexity index is 147. The monoisotopic (exact) mass is 109 g/mol. The average Bonchev–Trinajstić information content (AvgIpc) is 1.94. The molecule has 0 aromatic heterocycles. The van der Waals surface area contributed by atoms with Crippen LogP contribution in [-0.4, -0.2) is 18.5 Å². The smallest absolute Gasteiger partial charge is 0.177 e. The highest BCUT2D eigenvalue weighted by Crippen LogP contribution is 1.88. The molecule has 42 valence electrons. The molecule has 0 N–H and O–H groups in total. The van der Waals surface area contributed by atoms with Crippen LogP contribution in [0.3, 0.4) is 0 Å². The Hall–Kier alpha value is -0.920. The van der Waals surface area contributed by atoms with Gasteiger partial charge in [0.25, 0.3) is 0 Å². The molecule has 0 saturated carbocycles. The van der Waals surface area contributed by atoms with E-state index >= 15 is 0 Å². The van der Waals surface area contributed by atoms with Crippen molar-refractivity contribution in [1.82, 2.24) is 0 Å². The van der Waals surface area contributed by atoms with E-state index in [1.54, 1.807) is 0 Å². The summed E-state index contributed by atoms with van der Waals surface area (Å²) in [6.45, 7) is 0.658. The van der Waals surface area contributed by atoms with Gasteiger partial charge in [-0.1, -0.05) is 12.2 Å². The topological polar surface area (TPSA) is 29.4 Å². The molecule has 1 aliphatic rings. The first kappa shape index (κ1) is 5.22. The number of nitrogens with zero attached hydrogens (tertiary/aromatic N) is 1. The Morgan fingerprint density at radius 3 is 3.25 bits per heavy atom. The van der Waals surface area contributed by atoms with Crippen LogP contribution < -0.4 is 0 Å². The zero-order chi connectivity index (χ0) is 5.82. The molecule has 8 heavy (non-hydrogen) atoms. The lowest BCUT2D eigenvalue weighted by molar-refractivity contribution is -0.111. The Morgan fingerprint density at radius 2 is 2.38 bits per heavy atom. The zero-order valence-electron chi connectivity index (χ0n) is 4.50. The van der Waals surface area contributed by atoms with Crippen LogP contribution in [0.15, 0.2) is 17.1 Å². The zero-order valence-corrected chi connectivity index (χ0v) is 4.50. The SMILES string of the molecule is O=C1C=NCC=CC1. The molecule has 2 nitrogen and oxygen atoms in total. The van der Waals surface area contributed by atoms with E-state index in [2.05, 4.69) is 4.99 Å². The second-order valence-electron chi connectivity index (χ2n) is 1.64. The van der Waals surface area contributed by atoms with Crippen LogP contribution in [0.4, 0.5) is 0 Å². The molecule has 1 aliphatic heterocycles. The fourth-order valence-electron chi connectivity index (χ4n) is 0.542. The summed E-state index contributed by atoms with van der Waals surface area (Å²) in [6.07, 6.45) is 5.64. The highest BCUT2D eigenvalue weighted by molar-refractivity contribution is 6.28. The fraction of sp³-hybridized carbons (Fsp3) is 0.333. The summed E-state index contributed by atoms with van der Waals surface area (Å²) in [4.78, 5) is 14.3. The number of carbonyl (C=O) groups excluding carboxylic acids is 1. The van der Waals surface area contributed by atoms with Crippen LogP contribution in [0.1, 0.15) is 6.42 Å². The van der Waals surface area contributed by atoms with E-state index in [-0.39, 0.29) is 5.78 Å². The van der Waals surface area contributed by atoms with Crippen molar-refractivity contribution >= 4 is 12.0 Å². The quantitative estimate of drug-likeness (QED) is 0.418. The van der Waals surface area contributed by atoms with Crippen molar-refractivity contribution in [1.29, 1.82) is 0 Å². The van der Waals surface area contributed by atoms with Gasteiger partial charge in [0, 0.05) is 6.42 Å². The van der Waals surface area contributed by atoms with E-state index < -0.39 is 0 Å². The van der Waals surface area contributed by atoms with E-state index in [9.17, 15) is 4.79 Å². The Labute approximate surface area is 47.9 Å². The molecular weight excluding hydrogens is 102 g/mol. The lowest BCUT2D eigenvalue weighted by Gasteiger charge is -1.77. The Kier molecular flexibility index (Phi) is 1.57. The number of hydrogen-bond acceptors (Lipinski definition) is 2. The van der Waals surface area contributed by atoms with Gasteiger partial charge in [0.2, 0.25) is 0 Å². The summed E-state index contributed by atoms with van der Waals surface area (Å²) in [5.74, 6) is 0.0961. The minimum atomic E-state index is 0.0961. The molecule has 0 fully saturated rings. The lowest BCUT2D eigenvalue weighted by Crippen LogP contribution is -1.93. The van der Waals surface area contributed by atoms with Crippen molar-refractivity contribution in [2.24, 2.45) is 4.99 Å². The van der Waals surface area contributed by atoms with Gasteiger partial charge in [-0.2, -0.15) is 0 Å². The molecule has 0 atom stereocenters. The van der Waals surface area contributed by atoms with Crippen LogP contribution >= 0.6 is 0 Å². The summed E-state index contributed by atoms with van der Waals surface area (Å²) in [6, 6.07) is 0. The predicted molar refractivity (Wildman–Crippen MR) is 32.1 cm³/mol. The lowest BCUT2D eigenvalue weighted by atomic mass is 10.3. The minimum absolute atomic E-state index is 0.0961. The summed E-state index contributed by atoms with van der Waals surface area (Å²) >= 11 is 0. The summed E-state index contributed by atoms with van der Waals surface area (Å²) in [7, 11) is 0. The van der Waals surface area contributed by atoms with Crippen LogP contribution in [0.5, 0.6) is 0 Å². The first-order valence-corrected chi connectivity index (χ1v) is 2.57. The number of allylic oxidation sites excluding steroid dienone is 1. The first-order chi connectivity index (χ1) is 3.89. The third-order valence-corrected chi connectivity index (χ3v) is 0.932. The van der Waals surface area contributed by atoms with Crippen molar-refractivity contribution in [2.75, 3.05) is 6.54 Å². The van der Waals surface area contributed by atoms with Gasteiger partial charge < -0.3 is 0 Å². The number of Topliss-reactive ketones (excluding diaryl/α,β-unsaturated/α-hetero) is 1. The van der Waals surface area contributed by atoms with Gasteiger partial charge in [-0.05, 0) is 0 Å². The van der Waals surface area contributed by atoms with Gasteiger partial charge in [0.1, 0.15) is 0 Å². The van der Waals surface area contributed by atoms with E-state index in [4.69, 9.17) is 0 Å². The molecule has 0 radical (unpaired) electrons. The van der Waals surface area contributed by atoms with E-state index in [1.165, 1.54) is 6.21 Å². The number of carbonyl (C=O) groups is 1. The molecule has 1 heterocycles. The van der Waals surface area contributed by atoms with Crippen molar-refractivity contribution in [3.05, 3.63) is 12.2 Å². The van der Waals surface area contributed by atoms with Crippen molar-refractivity contribution in [3.8, 4) is 0 Å². The molecule has 0 aliphatic carbocycles. The van der Waals surface area contributed by atoms with Gasteiger partial charge in [-0.15, -0.1) is 0 Å². The van der Waals surface area contributed by atoms with Gasteiger partial charge in [-0.25, -0.2) is 0 Å². The summed E-state index contributed by atoms with van der Waals surface area (Å²) in [5.41, 5.74) is 0. The molecule has 0 unspecified atom stereocenters. The molecule has 0 aromatic rings. The highest BCUT2D eigenvalue weighted by Gasteiger charge is 1.93. The first-order valence-electron chi connectivity index (χ1n) is 2.57. The molecule has 0 bridgehead atoms. The molecule has 1 rings (SSSR count). The number of rotatable bonds is 0. The molecule has 0 saturated heterocycles. The average molecular weight is 109 g/mol. The third kappa shape index (κ3) is 1.30. The number of aliphatic imine (C=N–C) groups is 1. The van der Waals surface area contributed by atoms with Crippen molar-refractivity contribution in [3.63, 3.8) is 0 Å². The maximum atomic E-state index is 10.5. The van der Waals surface area contributed by atoms with E-state index in [0.717, 1.165) is 0 Å². The Morgan fingerprint density at radius 1 is 1.50 bits per heavy atom. The third-order valence-electron chi connectivity index (χ3n) is 0.932. The predicted octanol–water partition coefficient (Wildman–Crippen LogP) is 0.586. The molecule has 0 spiro atoms. The second kappa shape index (κ2) is 2.40. The maximum absolute atomic E-state index is 10.5. The normalized spacial score (nSPS) is 18.8. The van der Waals surface area contributed by atoms with Crippen LogP contribution in [0.25, 0.3) is 0 Å². The van der Waals surface area contributed by atoms with Crippen LogP contribution in [-0.2, 0) is 4.79 Å². The van der Waals surface area contributed by atoms with Gasteiger partial charge in [0.15, 0.2) is 5.78 Å². The highest BCUT2D eigenvalue weighted by atomic mass is 16.1. The summed E-state index contributed by atoms with van der Waals surface area (Å²) in [5, 5.41) is 0. The van der Waals surface area contributed by atoms with Crippen LogP contribution in [0.2, 0.25) is 0 Å². The van der Waals surface area contributed by atoms with Gasteiger partial charge in [0.05, 0.1) is 12.8 Å². The summed E-state index contributed by atoms with van der Waals surface area (Å²) < 4.78 is 0. The fourth-order valence-corrected chi connectivity index (χ4v) is 0.542. The standard InChI is InChI=1S/C6H7NO/c8-6-3-1-2-4-7-5-6/h1-2,5H,3-4H2. The number of hydrogen-bond donors (Lipinski definition) is 0. The van der Waals surface area contributed by atoms with Crippen molar-refractivity contribution < 1.29 is 4.79 Å². The van der Waals surface area contributed by atoms with E-state index in [1.807, 2.05) is 12.2 Å². The van der Waals surface area contributed by atoms with Gasteiger partial charge >= 0.3 is 0 Å². The second-order valence-corrected chi connectivity index (χ2v) is 1.64. The molecule has 2 heteroatoms. The largest absolute Gasteiger partial charge is 0.293 e. The van der Waals surface area contributed by atoms with E-state index in [0.29, 0.717) is 13.0 Å². The molecular formula is C6H7NO. The molecule has 0 aromatic carbocycles. The minimum Gasteiger partial charge on any atom is -0.293 e.